The molecule has 4 nitrogen and oxygen atoms in total. The van der Waals surface area contributed by atoms with Gasteiger partial charge in [-0.15, -0.1) is 0 Å². The van der Waals surface area contributed by atoms with Gasteiger partial charge in [-0.1, -0.05) is 6.07 Å². The smallest absolute Gasteiger partial charge is 0.131 e. The van der Waals surface area contributed by atoms with E-state index in [0.717, 1.165) is 31.8 Å². The lowest BCUT2D eigenvalue weighted by Gasteiger charge is -2.28. The van der Waals surface area contributed by atoms with Crippen LogP contribution in [0.4, 0.5) is 5.82 Å². The van der Waals surface area contributed by atoms with Gasteiger partial charge in [0, 0.05) is 26.4 Å². The number of ether oxygens (including phenoxy) is 1. The zero-order chi connectivity index (χ0) is 13.7. The molecule has 1 aliphatic heterocycles. The summed E-state index contributed by atoms with van der Waals surface area (Å²) in [4.78, 5) is 6.78. The third kappa shape index (κ3) is 3.91. The monoisotopic (exact) mass is 263 g/mol. The molecule has 4 heteroatoms. The third-order valence-corrected chi connectivity index (χ3v) is 3.65. The number of likely N-dealkylation sites (N-methyl/N-ethyl adjacent to an activating group) is 1. The number of aryl methyl sites for hydroxylation is 1. The maximum Gasteiger partial charge on any atom is 0.131 e. The van der Waals surface area contributed by atoms with Crippen molar-refractivity contribution in [2.45, 2.75) is 38.7 Å². The molecule has 0 aromatic carbocycles. The fraction of sp³-hybridized carbons (Fsp3) is 0.667. The maximum absolute atomic E-state index is 5.79. The van der Waals surface area contributed by atoms with Gasteiger partial charge in [0.1, 0.15) is 5.82 Å². The van der Waals surface area contributed by atoms with Crippen molar-refractivity contribution in [2.75, 3.05) is 31.6 Å². The van der Waals surface area contributed by atoms with Crippen LogP contribution in [0.5, 0.6) is 0 Å². The number of anilines is 1. The molecule has 0 aliphatic carbocycles. The minimum absolute atomic E-state index is 0.351. The van der Waals surface area contributed by atoms with Crippen molar-refractivity contribution >= 4 is 5.82 Å². The van der Waals surface area contributed by atoms with E-state index in [1.807, 2.05) is 6.20 Å². The average molecular weight is 263 g/mol. The van der Waals surface area contributed by atoms with Crippen LogP contribution in [0.2, 0.25) is 0 Å². The van der Waals surface area contributed by atoms with Crippen molar-refractivity contribution in [3.05, 3.63) is 23.4 Å². The van der Waals surface area contributed by atoms with E-state index in [1.54, 1.807) is 0 Å². The first-order chi connectivity index (χ1) is 9.20. The third-order valence-electron chi connectivity index (χ3n) is 3.65. The number of nitrogens with two attached hydrogens (primary N) is 1. The second-order valence-electron chi connectivity index (χ2n) is 5.39. The zero-order valence-corrected chi connectivity index (χ0v) is 12.1. The lowest BCUT2D eigenvalue weighted by Crippen LogP contribution is -2.34. The Hall–Kier alpha value is -1.13. The Morgan fingerprint density at radius 3 is 2.95 bits per heavy atom. The van der Waals surface area contributed by atoms with Crippen LogP contribution in [0.25, 0.3) is 0 Å². The summed E-state index contributed by atoms with van der Waals surface area (Å²) in [7, 11) is 2.09. The average Bonchev–Trinajstić information content (AvgIpc) is 2.40. The van der Waals surface area contributed by atoms with Crippen LogP contribution in [-0.4, -0.2) is 37.8 Å². The molecular formula is C15H25N3O. The van der Waals surface area contributed by atoms with Gasteiger partial charge in [-0.05, 0) is 50.3 Å². The topological polar surface area (TPSA) is 51.4 Å². The molecule has 2 N–H and O–H groups in total. The molecule has 0 bridgehead atoms. The van der Waals surface area contributed by atoms with Gasteiger partial charge in [0.15, 0.2) is 0 Å². The highest BCUT2D eigenvalue weighted by Crippen LogP contribution is 2.20. The molecule has 1 atom stereocenters. The maximum atomic E-state index is 5.79. The molecule has 2 rings (SSSR count). The molecule has 106 valence electrons. The first kappa shape index (κ1) is 14.3. The Morgan fingerprint density at radius 2 is 2.32 bits per heavy atom. The van der Waals surface area contributed by atoms with Crippen LogP contribution < -0.4 is 10.6 Å². The number of nitrogens with zero attached hydrogens (tertiary/aromatic N) is 2. The summed E-state index contributed by atoms with van der Waals surface area (Å²) in [5.74, 6) is 1.05. The first-order valence-electron chi connectivity index (χ1n) is 7.19. The fourth-order valence-corrected chi connectivity index (χ4v) is 2.67. The summed E-state index contributed by atoms with van der Waals surface area (Å²) >= 11 is 0. The zero-order valence-electron chi connectivity index (χ0n) is 12.1. The van der Waals surface area contributed by atoms with Gasteiger partial charge in [0.2, 0.25) is 0 Å². The summed E-state index contributed by atoms with van der Waals surface area (Å²) in [6.45, 7) is 4.61. The molecule has 2 heterocycles. The van der Waals surface area contributed by atoms with E-state index >= 15 is 0 Å². The molecule has 0 saturated carbocycles. The van der Waals surface area contributed by atoms with Gasteiger partial charge in [-0.25, -0.2) is 4.98 Å². The van der Waals surface area contributed by atoms with Crippen LogP contribution >= 0.6 is 0 Å². The molecule has 1 aliphatic rings. The van der Waals surface area contributed by atoms with Crippen LogP contribution in [0.15, 0.2) is 12.3 Å². The Morgan fingerprint density at radius 1 is 1.47 bits per heavy atom. The van der Waals surface area contributed by atoms with Gasteiger partial charge in [0.25, 0.3) is 0 Å². The molecule has 1 saturated heterocycles. The first-order valence-corrected chi connectivity index (χ1v) is 7.19. The largest absolute Gasteiger partial charge is 0.376 e. The summed E-state index contributed by atoms with van der Waals surface area (Å²) in [6, 6.07) is 2.19. The Kier molecular flexibility index (Phi) is 5.16. The van der Waals surface area contributed by atoms with Gasteiger partial charge in [-0.3, -0.25) is 0 Å². The van der Waals surface area contributed by atoms with Crippen molar-refractivity contribution in [2.24, 2.45) is 5.73 Å². The second kappa shape index (κ2) is 6.87. The minimum atomic E-state index is 0.351. The SMILES string of the molecule is Cc1cc(CCN)cnc1N(C)CC1CCCCO1. The number of hydrogen-bond acceptors (Lipinski definition) is 4. The minimum Gasteiger partial charge on any atom is -0.376 e. The molecule has 1 unspecified atom stereocenters. The van der Waals surface area contributed by atoms with Crippen molar-refractivity contribution in [3.8, 4) is 0 Å². The Labute approximate surface area is 116 Å². The number of hydrogen-bond donors (Lipinski definition) is 1. The van der Waals surface area contributed by atoms with E-state index in [1.165, 1.54) is 24.0 Å². The molecule has 1 aromatic rings. The highest BCUT2D eigenvalue weighted by Gasteiger charge is 2.17. The van der Waals surface area contributed by atoms with E-state index < -0.39 is 0 Å². The second-order valence-corrected chi connectivity index (χ2v) is 5.39. The van der Waals surface area contributed by atoms with Crippen LogP contribution in [0.3, 0.4) is 0 Å². The van der Waals surface area contributed by atoms with Crippen molar-refractivity contribution < 1.29 is 4.74 Å². The lowest BCUT2D eigenvalue weighted by atomic mass is 10.1. The normalized spacial score (nSPS) is 19.4. The van der Waals surface area contributed by atoms with Gasteiger partial charge < -0.3 is 15.4 Å². The lowest BCUT2D eigenvalue weighted by molar-refractivity contribution is 0.0215. The van der Waals surface area contributed by atoms with E-state index in [2.05, 4.69) is 29.9 Å². The van der Waals surface area contributed by atoms with Gasteiger partial charge in [0.05, 0.1) is 6.10 Å². The van der Waals surface area contributed by atoms with Gasteiger partial charge >= 0.3 is 0 Å². The van der Waals surface area contributed by atoms with E-state index in [4.69, 9.17) is 10.5 Å². The molecule has 1 fully saturated rings. The Balaban J connectivity index is 1.99. The molecule has 0 amide bonds. The number of rotatable bonds is 5. The van der Waals surface area contributed by atoms with E-state index in [0.29, 0.717) is 12.6 Å². The summed E-state index contributed by atoms with van der Waals surface area (Å²) in [5, 5.41) is 0. The Bertz CT molecular complexity index is 402. The molecular weight excluding hydrogens is 238 g/mol. The van der Waals surface area contributed by atoms with Crippen LogP contribution in [0, 0.1) is 6.92 Å². The highest BCUT2D eigenvalue weighted by molar-refractivity contribution is 5.46. The molecule has 0 radical (unpaired) electrons. The highest BCUT2D eigenvalue weighted by atomic mass is 16.5. The van der Waals surface area contributed by atoms with Crippen molar-refractivity contribution in [1.29, 1.82) is 0 Å². The van der Waals surface area contributed by atoms with E-state index in [-0.39, 0.29) is 0 Å². The van der Waals surface area contributed by atoms with Crippen LogP contribution in [0.1, 0.15) is 30.4 Å². The summed E-state index contributed by atoms with van der Waals surface area (Å²) in [5.41, 5.74) is 8.00. The molecule has 19 heavy (non-hydrogen) atoms. The predicted octanol–water partition coefficient (Wildman–Crippen LogP) is 1.90. The summed E-state index contributed by atoms with van der Waals surface area (Å²) < 4.78 is 5.79. The predicted molar refractivity (Wildman–Crippen MR) is 78.6 cm³/mol. The summed E-state index contributed by atoms with van der Waals surface area (Å²) in [6.07, 6.45) is 6.82. The number of aromatic nitrogens is 1. The fourth-order valence-electron chi connectivity index (χ4n) is 2.67. The van der Waals surface area contributed by atoms with Crippen LogP contribution in [-0.2, 0) is 11.2 Å². The standard InChI is InChI=1S/C15H25N3O/c1-12-9-13(6-7-16)10-17-15(12)18(2)11-14-5-3-4-8-19-14/h9-10,14H,3-8,11,16H2,1-2H3. The quantitative estimate of drug-likeness (QED) is 0.881. The van der Waals surface area contributed by atoms with Gasteiger partial charge in [-0.2, -0.15) is 0 Å². The van der Waals surface area contributed by atoms with E-state index in [9.17, 15) is 0 Å². The van der Waals surface area contributed by atoms with Crippen molar-refractivity contribution in [1.82, 2.24) is 4.98 Å². The molecule has 0 spiro atoms. The number of pyridine rings is 1. The van der Waals surface area contributed by atoms with Crippen molar-refractivity contribution in [3.63, 3.8) is 0 Å². The molecule has 1 aromatic heterocycles.